The summed E-state index contributed by atoms with van der Waals surface area (Å²) in [5.41, 5.74) is 3.06. The molecule has 10 heteroatoms. The van der Waals surface area contributed by atoms with E-state index in [0.717, 1.165) is 16.9 Å². The molecule has 1 atom stereocenters. The zero-order chi connectivity index (χ0) is 25.9. The van der Waals surface area contributed by atoms with Gasteiger partial charge in [-0.1, -0.05) is 29.5 Å². The third-order valence-corrected chi connectivity index (χ3v) is 7.53. The van der Waals surface area contributed by atoms with Crippen molar-refractivity contribution in [3.05, 3.63) is 81.3 Å². The Balaban J connectivity index is 1.77. The van der Waals surface area contributed by atoms with Crippen LogP contribution in [0.25, 0.3) is 11.4 Å². The van der Waals surface area contributed by atoms with Crippen molar-refractivity contribution in [2.75, 3.05) is 4.90 Å². The second-order valence-corrected chi connectivity index (χ2v) is 9.64. The van der Waals surface area contributed by atoms with Crippen molar-refractivity contribution in [3.63, 3.8) is 0 Å². The summed E-state index contributed by atoms with van der Waals surface area (Å²) >= 11 is 1.01. The van der Waals surface area contributed by atoms with Gasteiger partial charge in [-0.25, -0.2) is 9.97 Å². The van der Waals surface area contributed by atoms with E-state index in [1.54, 1.807) is 36.6 Å². The maximum atomic E-state index is 13.4. The number of amides is 1. The second kappa shape index (κ2) is 8.42. The smallest absolute Gasteiger partial charge is 0.301 e. The molecule has 1 saturated heterocycles. The van der Waals surface area contributed by atoms with E-state index in [1.165, 1.54) is 24.0 Å². The van der Waals surface area contributed by atoms with E-state index in [0.29, 0.717) is 27.5 Å². The fourth-order valence-corrected chi connectivity index (χ4v) is 5.48. The van der Waals surface area contributed by atoms with Gasteiger partial charge in [-0.15, -0.1) is 0 Å². The molecule has 0 radical (unpaired) electrons. The number of rotatable bonds is 4. The van der Waals surface area contributed by atoms with Crippen LogP contribution in [0.15, 0.2) is 48.2 Å². The monoisotopic (exact) mass is 502 g/mol. The molecule has 1 aromatic carbocycles. The summed E-state index contributed by atoms with van der Waals surface area (Å²) in [6.07, 6.45) is 1.80. The molecule has 182 valence electrons. The molecule has 0 aliphatic carbocycles. The minimum Gasteiger partial charge on any atom is -0.508 e. The van der Waals surface area contributed by atoms with Crippen LogP contribution in [0.1, 0.15) is 50.8 Å². The number of phenolic OH excluding ortho intramolecular Hbond substituents is 1. The third kappa shape index (κ3) is 3.49. The van der Waals surface area contributed by atoms with E-state index in [1.807, 2.05) is 19.1 Å². The maximum absolute atomic E-state index is 13.4. The molecule has 1 aliphatic rings. The predicted octanol–water partition coefficient (Wildman–Crippen LogP) is 4.25. The number of anilines is 1. The minimum absolute atomic E-state index is 0.00586. The number of ketones is 2. The molecule has 0 bridgehead atoms. The summed E-state index contributed by atoms with van der Waals surface area (Å²) in [6, 6.07) is 8.71. The highest BCUT2D eigenvalue weighted by molar-refractivity contribution is 7.18. The number of carbonyl (C=O) groups excluding carboxylic acids is 3. The number of benzene rings is 1. The number of hydrogen-bond donors (Lipinski definition) is 2. The molecule has 1 aliphatic heterocycles. The fraction of sp³-hybridized carbons (Fsp3) is 0.192. The second-order valence-electron chi connectivity index (χ2n) is 8.66. The first-order valence-corrected chi connectivity index (χ1v) is 11.9. The first-order chi connectivity index (χ1) is 17.1. The zero-order valence-electron chi connectivity index (χ0n) is 19.9. The highest BCUT2D eigenvalue weighted by Gasteiger charge is 2.48. The molecule has 2 N–H and O–H groups in total. The Labute approximate surface area is 210 Å². The van der Waals surface area contributed by atoms with Crippen LogP contribution >= 0.6 is 11.3 Å². The average Bonchev–Trinajstić information content (AvgIpc) is 3.47. The Kier molecular flexibility index (Phi) is 5.48. The highest BCUT2D eigenvalue weighted by Crippen LogP contribution is 2.44. The molecule has 5 rings (SSSR count). The number of hydrogen-bond acceptors (Lipinski definition) is 8. The van der Waals surface area contributed by atoms with Gasteiger partial charge >= 0.3 is 5.91 Å². The average molecular weight is 503 g/mol. The Morgan fingerprint density at radius 2 is 1.75 bits per heavy atom. The van der Waals surface area contributed by atoms with Gasteiger partial charge < -0.3 is 14.6 Å². The lowest BCUT2D eigenvalue weighted by Crippen LogP contribution is -2.29. The third-order valence-electron chi connectivity index (χ3n) is 6.27. The number of fused-ring (bicyclic) bond motifs is 1. The number of aliphatic hydroxyl groups is 1. The van der Waals surface area contributed by atoms with Crippen molar-refractivity contribution in [2.45, 2.75) is 33.7 Å². The van der Waals surface area contributed by atoms with Crippen LogP contribution in [-0.4, -0.2) is 42.1 Å². The lowest BCUT2D eigenvalue weighted by atomic mass is 9.96. The van der Waals surface area contributed by atoms with E-state index in [4.69, 9.17) is 0 Å². The van der Waals surface area contributed by atoms with Crippen molar-refractivity contribution >= 4 is 45.3 Å². The molecule has 0 spiro atoms. The van der Waals surface area contributed by atoms with Crippen LogP contribution in [0.4, 0.5) is 5.13 Å². The number of aromatic nitrogens is 3. The van der Waals surface area contributed by atoms with Gasteiger partial charge in [0.05, 0.1) is 27.9 Å². The van der Waals surface area contributed by atoms with Crippen LogP contribution in [0.5, 0.6) is 5.75 Å². The summed E-state index contributed by atoms with van der Waals surface area (Å²) in [5, 5.41) is 21.4. The van der Waals surface area contributed by atoms with Crippen LogP contribution in [0.3, 0.4) is 0 Å². The topological polar surface area (TPSA) is 125 Å². The molecular weight excluding hydrogens is 480 g/mol. The number of Topliss-reactive ketones (excluding diaryl/α,β-unsaturated/α-hetero) is 2. The summed E-state index contributed by atoms with van der Waals surface area (Å²) in [7, 11) is 0. The van der Waals surface area contributed by atoms with Gasteiger partial charge in [0, 0.05) is 13.1 Å². The largest absolute Gasteiger partial charge is 0.508 e. The van der Waals surface area contributed by atoms with Gasteiger partial charge in [0.2, 0.25) is 0 Å². The zero-order valence-corrected chi connectivity index (χ0v) is 20.8. The number of pyridine rings is 1. The molecule has 3 aromatic heterocycles. The van der Waals surface area contributed by atoms with Crippen LogP contribution in [0, 0.1) is 20.8 Å². The number of phenols is 1. The molecule has 9 nitrogen and oxygen atoms in total. The van der Waals surface area contributed by atoms with E-state index in [2.05, 4.69) is 9.97 Å². The fourth-order valence-electron chi connectivity index (χ4n) is 4.49. The number of carbonyl (C=O) groups is 3. The van der Waals surface area contributed by atoms with Gasteiger partial charge in [0.1, 0.15) is 17.1 Å². The van der Waals surface area contributed by atoms with Crippen molar-refractivity contribution < 1.29 is 24.6 Å². The SMILES string of the molecule is CC(=O)c1sc(N2C(=O)C(=O)C(=C(O)c3nc4c(C)cccn4c3C)C2c2ccc(O)cc2)nc1C. The standard InChI is InChI=1S/C26H22N4O5S/c1-12-6-5-11-29-14(3)19(28-24(12)29)21(33)18-20(16-7-9-17(32)10-8-16)30(25(35)22(18)34)26-27-13(2)23(36-26)15(4)31/h5-11,20,32-33H,1-4H3. The summed E-state index contributed by atoms with van der Waals surface area (Å²) < 4.78 is 1.80. The molecule has 0 saturated carbocycles. The maximum Gasteiger partial charge on any atom is 0.301 e. The van der Waals surface area contributed by atoms with Gasteiger partial charge in [-0.2, -0.15) is 0 Å². The van der Waals surface area contributed by atoms with Crippen molar-refractivity contribution in [1.29, 1.82) is 0 Å². The predicted molar refractivity (Wildman–Crippen MR) is 134 cm³/mol. The number of aromatic hydroxyl groups is 1. The molecule has 4 heterocycles. The Hall–Kier alpha value is -4.31. The van der Waals surface area contributed by atoms with E-state index >= 15 is 0 Å². The van der Waals surface area contributed by atoms with Gasteiger partial charge in [0.25, 0.3) is 5.78 Å². The van der Waals surface area contributed by atoms with E-state index < -0.39 is 23.5 Å². The Morgan fingerprint density at radius 1 is 1.06 bits per heavy atom. The van der Waals surface area contributed by atoms with E-state index in [9.17, 15) is 24.6 Å². The van der Waals surface area contributed by atoms with Crippen LogP contribution in [-0.2, 0) is 9.59 Å². The summed E-state index contributed by atoms with van der Waals surface area (Å²) in [5.74, 6) is -2.38. The highest BCUT2D eigenvalue weighted by atomic mass is 32.1. The molecular formula is C26H22N4O5S. The molecule has 1 fully saturated rings. The number of thiazole rings is 1. The van der Waals surface area contributed by atoms with Crippen molar-refractivity contribution in [1.82, 2.24) is 14.4 Å². The number of nitrogens with zero attached hydrogens (tertiary/aromatic N) is 4. The molecule has 36 heavy (non-hydrogen) atoms. The van der Waals surface area contributed by atoms with Gasteiger partial charge in [-0.05, 0) is 50.1 Å². The van der Waals surface area contributed by atoms with Gasteiger partial charge in [-0.3, -0.25) is 19.3 Å². The van der Waals surface area contributed by atoms with Crippen molar-refractivity contribution in [3.8, 4) is 5.75 Å². The normalized spacial score (nSPS) is 17.3. The summed E-state index contributed by atoms with van der Waals surface area (Å²) in [4.78, 5) is 49.3. The molecule has 1 unspecified atom stereocenters. The van der Waals surface area contributed by atoms with Crippen LogP contribution in [0.2, 0.25) is 0 Å². The lowest BCUT2D eigenvalue weighted by Gasteiger charge is -2.22. The quantitative estimate of drug-likeness (QED) is 0.185. The number of aliphatic hydroxyl groups excluding tert-OH is 1. The number of imidazole rings is 1. The lowest BCUT2D eigenvalue weighted by molar-refractivity contribution is -0.132. The summed E-state index contributed by atoms with van der Waals surface area (Å²) in [6.45, 7) is 6.72. The minimum atomic E-state index is -1.04. The molecule has 4 aromatic rings. The van der Waals surface area contributed by atoms with Gasteiger partial charge in [0.15, 0.2) is 16.7 Å². The molecule has 1 amide bonds. The van der Waals surface area contributed by atoms with Crippen molar-refractivity contribution in [2.24, 2.45) is 0 Å². The van der Waals surface area contributed by atoms with E-state index in [-0.39, 0.29) is 27.9 Å². The number of aryl methyl sites for hydroxylation is 3. The first kappa shape index (κ1) is 23.4. The first-order valence-electron chi connectivity index (χ1n) is 11.1. The van der Waals surface area contributed by atoms with Crippen LogP contribution < -0.4 is 4.90 Å². The Bertz CT molecular complexity index is 1610. The Morgan fingerprint density at radius 3 is 2.36 bits per heavy atom.